The van der Waals surface area contributed by atoms with Gasteiger partial charge in [0.15, 0.2) is 5.41 Å². The Morgan fingerprint density at radius 3 is 2.65 bits per heavy atom. The second-order valence-electron chi connectivity index (χ2n) is 4.97. The van der Waals surface area contributed by atoms with E-state index in [0.717, 1.165) is 5.56 Å². The molecule has 1 amide bonds. The number of benzene rings is 1. The number of nitrogens with one attached hydrogen (secondary N) is 2. The number of amides is 1. The second-order valence-corrected chi connectivity index (χ2v) is 4.97. The van der Waals surface area contributed by atoms with E-state index in [1.807, 2.05) is 6.92 Å². The Bertz CT molecular complexity index is 493. The van der Waals surface area contributed by atoms with Crippen molar-refractivity contribution in [1.82, 2.24) is 5.32 Å². The molecular formula is C14H17F3N2O. The third-order valence-electron chi connectivity index (χ3n) is 3.78. The van der Waals surface area contributed by atoms with Crippen LogP contribution in [0, 0.1) is 5.41 Å². The molecule has 1 fully saturated rings. The zero-order chi connectivity index (χ0) is 14.8. The predicted molar refractivity (Wildman–Crippen MR) is 70.4 cm³/mol. The monoisotopic (exact) mass is 286 g/mol. The number of halogens is 3. The van der Waals surface area contributed by atoms with Crippen LogP contribution in [0.5, 0.6) is 0 Å². The van der Waals surface area contributed by atoms with Gasteiger partial charge in [-0.1, -0.05) is 25.1 Å². The highest BCUT2D eigenvalue weighted by atomic mass is 19.4. The summed E-state index contributed by atoms with van der Waals surface area (Å²) >= 11 is 0. The molecule has 6 heteroatoms. The van der Waals surface area contributed by atoms with E-state index in [1.54, 1.807) is 24.3 Å². The molecule has 0 radical (unpaired) electrons. The van der Waals surface area contributed by atoms with Crippen LogP contribution >= 0.6 is 0 Å². The summed E-state index contributed by atoms with van der Waals surface area (Å²) in [6.45, 7) is 1.72. The van der Waals surface area contributed by atoms with E-state index < -0.39 is 17.5 Å². The number of hydrogen-bond acceptors (Lipinski definition) is 2. The first-order chi connectivity index (χ1) is 9.40. The van der Waals surface area contributed by atoms with Gasteiger partial charge in [-0.05, 0) is 31.0 Å². The number of para-hydroxylation sites is 1. The van der Waals surface area contributed by atoms with E-state index in [-0.39, 0.29) is 19.5 Å². The van der Waals surface area contributed by atoms with Gasteiger partial charge in [0.25, 0.3) is 0 Å². The van der Waals surface area contributed by atoms with Crippen molar-refractivity contribution in [3.05, 3.63) is 29.8 Å². The SMILES string of the molecule is CCc1ccccc1NC(=O)C1(C(F)(F)F)CCNC1. The Kier molecular flexibility index (Phi) is 4.04. The summed E-state index contributed by atoms with van der Waals surface area (Å²) in [5.74, 6) is -0.976. The van der Waals surface area contributed by atoms with Gasteiger partial charge in [0, 0.05) is 12.2 Å². The minimum Gasteiger partial charge on any atom is -0.325 e. The molecule has 1 aliphatic rings. The van der Waals surface area contributed by atoms with Crippen LogP contribution in [-0.2, 0) is 11.2 Å². The summed E-state index contributed by atoms with van der Waals surface area (Å²) in [7, 11) is 0. The quantitative estimate of drug-likeness (QED) is 0.897. The van der Waals surface area contributed by atoms with Gasteiger partial charge >= 0.3 is 6.18 Å². The summed E-state index contributed by atoms with van der Waals surface area (Å²) in [5.41, 5.74) is -1.05. The van der Waals surface area contributed by atoms with Gasteiger partial charge in [0.05, 0.1) is 0 Å². The van der Waals surface area contributed by atoms with Crippen LogP contribution in [-0.4, -0.2) is 25.2 Å². The lowest BCUT2D eigenvalue weighted by Gasteiger charge is -2.29. The summed E-state index contributed by atoms with van der Waals surface area (Å²) in [5, 5.41) is 5.09. The fraction of sp³-hybridized carbons (Fsp3) is 0.500. The Morgan fingerprint density at radius 2 is 2.10 bits per heavy atom. The fourth-order valence-corrected chi connectivity index (χ4v) is 2.45. The molecule has 1 heterocycles. The van der Waals surface area contributed by atoms with Gasteiger partial charge in [0.2, 0.25) is 5.91 Å². The van der Waals surface area contributed by atoms with Crippen LogP contribution in [0.4, 0.5) is 18.9 Å². The zero-order valence-corrected chi connectivity index (χ0v) is 11.2. The molecule has 1 atom stereocenters. The standard InChI is InChI=1S/C14H17F3N2O/c1-2-10-5-3-4-6-11(10)19-12(20)13(14(15,16)17)7-8-18-9-13/h3-6,18H,2,7-9H2,1H3,(H,19,20). The first-order valence-corrected chi connectivity index (χ1v) is 6.57. The van der Waals surface area contributed by atoms with Gasteiger partial charge in [0.1, 0.15) is 0 Å². The molecule has 110 valence electrons. The van der Waals surface area contributed by atoms with Gasteiger partial charge in [-0.15, -0.1) is 0 Å². The predicted octanol–water partition coefficient (Wildman–Crippen LogP) is 2.73. The summed E-state index contributed by atoms with van der Waals surface area (Å²) < 4.78 is 39.8. The van der Waals surface area contributed by atoms with Crippen molar-refractivity contribution in [3.8, 4) is 0 Å². The number of carbonyl (C=O) groups excluding carboxylic acids is 1. The molecule has 0 aromatic heterocycles. The van der Waals surface area contributed by atoms with E-state index in [0.29, 0.717) is 12.1 Å². The maximum Gasteiger partial charge on any atom is 0.404 e. The molecule has 1 unspecified atom stereocenters. The average molecular weight is 286 g/mol. The van der Waals surface area contributed by atoms with Crippen molar-refractivity contribution in [2.24, 2.45) is 5.41 Å². The third-order valence-corrected chi connectivity index (χ3v) is 3.78. The maximum atomic E-state index is 13.3. The topological polar surface area (TPSA) is 41.1 Å². The number of rotatable bonds is 3. The van der Waals surface area contributed by atoms with E-state index in [4.69, 9.17) is 0 Å². The van der Waals surface area contributed by atoms with E-state index in [2.05, 4.69) is 10.6 Å². The maximum absolute atomic E-state index is 13.3. The molecule has 0 spiro atoms. The molecule has 20 heavy (non-hydrogen) atoms. The minimum atomic E-state index is -4.55. The van der Waals surface area contributed by atoms with Gasteiger partial charge < -0.3 is 10.6 Å². The number of aryl methyl sites for hydroxylation is 1. The lowest BCUT2D eigenvalue weighted by atomic mass is 9.85. The van der Waals surface area contributed by atoms with Crippen molar-refractivity contribution in [1.29, 1.82) is 0 Å². The Hall–Kier alpha value is -1.56. The molecular weight excluding hydrogens is 269 g/mol. The van der Waals surface area contributed by atoms with Crippen molar-refractivity contribution < 1.29 is 18.0 Å². The van der Waals surface area contributed by atoms with E-state index >= 15 is 0 Å². The van der Waals surface area contributed by atoms with Gasteiger partial charge in [-0.25, -0.2) is 0 Å². The number of carbonyl (C=O) groups is 1. The molecule has 0 bridgehead atoms. The molecule has 1 aliphatic heterocycles. The van der Waals surface area contributed by atoms with Crippen molar-refractivity contribution in [3.63, 3.8) is 0 Å². The van der Waals surface area contributed by atoms with Crippen LogP contribution in [0.15, 0.2) is 24.3 Å². The van der Waals surface area contributed by atoms with Crippen LogP contribution in [0.2, 0.25) is 0 Å². The highest BCUT2D eigenvalue weighted by Crippen LogP contribution is 2.43. The summed E-state index contributed by atoms with van der Waals surface area (Å²) in [6.07, 6.45) is -4.13. The van der Waals surface area contributed by atoms with E-state index in [9.17, 15) is 18.0 Å². The number of alkyl halides is 3. The Labute approximate surface area is 115 Å². The first kappa shape index (κ1) is 14.8. The summed E-state index contributed by atoms with van der Waals surface area (Å²) in [6, 6.07) is 6.92. The average Bonchev–Trinajstić information content (AvgIpc) is 2.89. The fourth-order valence-electron chi connectivity index (χ4n) is 2.45. The van der Waals surface area contributed by atoms with Crippen LogP contribution < -0.4 is 10.6 Å². The molecule has 2 rings (SSSR count). The lowest BCUT2D eigenvalue weighted by molar-refractivity contribution is -0.213. The molecule has 1 aromatic rings. The van der Waals surface area contributed by atoms with Crippen molar-refractivity contribution in [2.75, 3.05) is 18.4 Å². The van der Waals surface area contributed by atoms with Crippen molar-refractivity contribution in [2.45, 2.75) is 25.9 Å². The summed E-state index contributed by atoms with van der Waals surface area (Å²) in [4.78, 5) is 12.2. The molecule has 2 N–H and O–H groups in total. The first-order valence-electron chi connectivity index (χ1n) is 6.57. The second kappa shape index (κ2) is 5.44. The zero-order valence-electron chi connectivity index (χ0n) is 11.2. The van der Waals surface area contributed by atoms with Crippen LogP contribution in [0.1, 0.15) is 18.9 Å². The molecule has 1 aromatic carbocycles. The highest BCUT2D eigenvalue weighted by molar-refractivity contribution is 5.97. The largest absolute Gasteiger partial charge is 0.404 e. The number of hydrogen-bond donors (Lipinski definition) is 2. The smallest absolute Gasteiger partial charge is 0.325 e. The Balaban J connectivity index is 2.26. The van der Waals surface area contributed by atoms with Gasteiger partial charge in [-0.2, -0.15) is 13.2 Å². The van der Waals surface area contributed by atoms with Crippen LogP contribution in [0.3, 0.4) is 0 Å². The third kappa shape index (κ3) is 2.52. The molecule has 3 nitrogen and oxygen atoms in total. The normalized spacial score (nSPS) is 22.8. The van der Waals surface area contributed by atoms with Crippen LogP contribution in [0.25, 0.3) is 0 Å². The van der Waals surface area contributed by atoms with Gasteiger partial charge in [-0.3, -0.25) is 4.79 Å². The number of anilines is 1. The minimum absolute atomic E-state index is 0.197. The molecule has 0 saturated carbocycles. The van der Waals surface area contributed by atoms with Crippen molar-refractivity contribution >= 4 is 11.6 Å². The molecule has 0 aliphatic carbocycles. The lowest BCUT2D eigenvalue weighted by Crippen LogP contribution is -2.49. The Morgan fingerprint density at radius 1 is 1.40 bits per heavy atom. The van der Waals surface area contributed by atoms with E-state index in [1.165, 1.54) is 0 Å². The molecule has 1 saturated heterocycles. The highest BCUT2D eigenvalue weighted by Gasteiger charge is 2.61.